The third-order valence-corrected chi connectivity index (χ3v) is 9.35. The van der Waals surface area contributed by atoms with Gasteiger partial charge in [-0.3, -0.25) is 14.4 Å². The van der Waals surface area contributed by atoms with E-state index in [1.807, 2.05) is 58.0 Å². The van der Waals surface area contributed by atoms with E-state index in [0.29, 0.717) is 13.0 Å². The Labute approximate surface area is 269 Å². The molecule has 11 nitrogen and oxygen atoms in total. The topological polar surface area (TPSA) is 141 Å². The number of carbonyl (C=O) groups is 4. The number of benzene rings is 1. The Morgan fingerprint density at radius 3 is 2.22 bits per heavy atom. The number of hydrogen-bond acceptors (Lipinski definition) is 8. The second kappa shape index (κ2) is 18.2. The summed E-state index contributed by atoms with van der Waals surface area (Å²) in [4.78, 5) is 56.6. The molecule has 2 rings (SSSR count). The number of likely N-dealkylation sites (tertiary alicyclic amines) is 1. The van der Waals surface area contributed by atoms with E-state index in [1.54, 1.807) is 30.9 Å². The van der Waals surface area contributed by atoms with Crippen LogP contribution in [0.15, 0.2) is 30.3 Å². The van der Waals surface area contributed by atoms with Crippen LogP contribution >= 0.6 is 0 Å². The Bertz CT molecular complexity index is 1100. The zero-order valence-corrected chi connectivity index (χ0v) is 28.7. The summed E-state index contributed by atoms with van der Waals surface area (Å²) in [7, 11) is 6.12. The Hall–Kier alpha value is -3.02. The zero-order chi connectivity index (χ0) is 33.8. The number of methoxy groups -OCH3 is 3. The van der Waals surface area contributed by atoms with Crippen LogP contribution in [0.3, 0.4) is 0 Å². The van der Waals surface area contributed by atoms with Gasteiger partial charge < -0.3 is 35.1 Å². The highest BCUT2D eigenvalue weighted by molar-refractivity contribution is 5.86. The summed E-state index contributed by atoms with van der Waals surface area (Å²) in [5, 5.41) is 2.85. The summed E-state index contributed by atoms with van der Waals surface area (Å²) >= 11 is 0. The normalized spacial score (nSPS) is 19.6. The molecule has 1 saturated heterocycles. The summed E-state index contributed by atoms with van der Waals surface area (Å²) in [6.45, 7) is 10.2. The SMILES string of the molecule is CCC(C)C(C(CC(=O)N1CCCC1C(OC)C(C)C(=O)NC(Cc1ccccc1)C(=O)OC)OC)N(C)C(=O)C(N)C(C)C. The van der Waals surface area contributed by atoms with Gasteiger partial charge in [0, 0.05) is 34.2 Å². The summed E-state index contributed by atoms with van der Waals surface area (Å²) in [5.41, 5.74) is 7.10. The molecular formula is C34H56N4O7. The van der Waals surface area contributed by atoms with E-state index in [0.717, 1.165) is 18.4 Å². The van der Waals surface area contributed by atoms with E-state index in [2.05, 4.69) is 5.32 Å². The van der Waals surface area contributed by atoms with Crippen LogP contribution in [0.25, 0.3) is 0 Å². The third-order valence-electron chi connectivity index (χ3n) is 9.35. The number of carbonyl (C=O) groups excluding carboxylic acids is 4. The van der Waals surface area contributed by atoms with Gasteiger partial charge in [-0.05, 0) is 30.2 Å². The number of hydrogen-bond donors (Lipinski definition) is 2. The van der Waals surface area contributed by atoms with Crippen molar-refractivity contribution in [2.75, 3.05) is 34.9 Å². The Morgan fingerprint density at radius 2 is 1.69 bits per heavy atom. The molecule has 1 aliphatic rings. The summed E-state index contributed by atoms with van der Waals surface area (Å²) in [6, 6.07) is 7.18. The lowest BCUT2D eigenvalue weighted by atomic mass is 9.89. The first-order chi connectivity index (χ1) is 21.3. The fourth-order valence-corrected chi connectivity index (χ4v) is 6.31. The lowest BCUT2D eigenvalue weighted by Crippen LogP contribution is -2.56. The average molecular weight is 633 g/mol. The molecule has 1 aromatic carbocycles. The van der Waals surface area contributed by atoms with Crippen molar-refractivity contribution in [3.05, 3.63) is 35.9 Å². The summed E-state index contributed by atoms with van der Waals surface area (Å²) in [5.74, 6) is -1.84. The maximum absolute atomic E-state index is 13.9. The minimum atomic E-state index is -0.866. The van der Waals surface area contributed by atoms with Crippen molar-refractivity contribution in [2.45, 2.75) is 103 Å². The number of rotatable bonds is 17. The van der Waals surface area contributed by atoms with Gasteiger partial charge in [-0.1, -0.05) is 71.4 Å². The molecule has 1 aromatic rings. The maximum Gasteiger partial charge on any atom is 0.328 e. The van der Waals surface area contributed by atoms with Crippen molar-refractivity contribution in [3.8, 4) is 0 Å². The van der Waals surface area contributed by atoms with E-state index in [1.165, 1.54) is 14.2 Å². The van der Waals surface area contributed by atoms with Crippen molar-refractivity contribution in [3.63, 3.8) is 0 Å². The second-order valence-electron chi connectivity index (χ2n) is 12.6. The lowest BCUT2D eigenvalue weighted by Gasteiger charge is -2.40. The highest BCUT2D eigenvalue weighted by Gasteiger charge is 2.42. The van der Waals surface area contributed by atoms with E-state index < -0.39 is 36.2 Å². The van der Waals surface area contributed by atoms with Crippen LogP contribution in [0.1, 0.15) is 65.9 Å². The minimum absolute atomic E-state index is 0.0306. The number of esters is 1. The standard InChI is InChI=1S/C34H56N4O7/c1-10-22(4)30(37(6)33(41)29(35)21(2)3)27(43-7)20-28(39)38-18-14-17-26(38)31(44-8)23(5)32(40)36-25(34(42)45-9)19-24-15-12-11-13-16-24/h11-13,15-16,21-23,25-27,29-31H,10,14,17-20,35H2,1-9H3,(H,36,40). The highest BCUT2D eigenvalue weighted by Crippen LogP contribution is 2.29. The first-order valence-corrected chi connectivity index (χ1v) is 16.1. The molecule has 0 saturated carbocycles. The van der Waals surface area contributed by atoms with Crippen LogP contribution in [-0.4, -0.2) is 105 Å². The van der Waals surface area contributed by atoms with Crippen LogP contribution in [0.2, 0.25) is 0 Å². The Kier molecular flexibility index (Phi) is 15.4. The molecule has 8 atom stereocenters. The van der Waals surface area contributed by atoms with Gasteiger partial charge in [-0.15, -0.1) is 0 Å². The molecule has 0 spiro atoms. The first kappa shape index (κ1) is 38.2. The lowest BCUT2D eigenvalue weighted by molar-refractivity contribution is -0.148. The van der Waals surface area contributed by atoms with Crippen molar-refractivity contribution in [1.82, 2.24) is 15.1 Å². The fourth-order valence-electron chi connectivity index (χ4n) is 6.31. The molecule has 0 radical (unpaired) electrons. The maximum atomic E-state index is 13.9. The van der Waals surface area contributed by atoms with Crippen LogP contribution < -0.4 is 11.1 Å². The second-order valence-corrected chi connectivity index (χ2v) is 12.6. The van der Waals surface area contributed by atoms with Crippen molar-refractivity contribution < 1.29 is 33.4 Å². The number of ether oxygens (including phenoxy) is 3. The van der Waals surface area contributed by atoms with Gasteiger partial charge in [-0.2, -0.15) is 0 Å². The predicted octanol–water partition coefficient (Wildman–Crippen LogP) is 2.79. The van der Waals surface area contributed by atoms with Gasteiger partial charge in [0.1, 0.15) is 6.04 Å². The van der Waals surface area contributed by atoms with E-state index >= 15 is 0 Å². The molecule has 3 amide bonds. The predicted molar refractivity (Wildman–Crippen MR) is 173 cm³/mol. The van der Waals surface area contributed by atoms with Gasteiger partial charge in [0.05, 0.1) is 49.8 Å². The van der Waals surface area contributed by atoms with Crippen LogP contribution in [0.5, 0.6) is 0 Å². The van der Waals surface area contributed by atoms with E-state index in [4.69, 9.17) is 19.9 Å². The average Bonchev–Trinajstić information content (AvgIpc) is 3.52. The monoisotopic (exact) mass is 632 g/mol. The smallest absolute Gasteiger partial charge is 0.328 e. The van der Waals surface area contributed by atoms with E-state index in [9.17, 15) is 19.2 Å². The van der Waals surface area contributed by atoms with Gasteiger partial charge in [0.2, 0.25) is 17.7 Å². The van der Waals surface area contributed by atoms with Gasteiger partial charge >= 0.3 is 5.97 Å². The summed E-state index contributed by atoms with van der Waals surface area (Å²) < 4.78 is 16.7. The van der Waals surface area contributed by atoms with Crippen LogP contribution in [0, 0.1) is 17.8 Å². The van der Waals surface area contributed by atoms with Crippen molar-refractivity contribution in [2.24, 2.45) is 23.5 Å². The molecule has 254 valence electrons. The largest absolute Gasteiger partial charge is 0.467 e. The molecule has 0 bridgehead atoms. The zero-order valence-electron chi connectivity index (χ0n) is 28.7. The minimum Gasteiger partial charge on any atom is -0.467 e. The molecule has 1 fully saturated rings. The molecular weight excluding hydrogens is 576 g/mol. The Balaban J connectivity index is 2.22. The molecule has 8 unspecified atom stereocenters. The molecule has 11 heteroatoms. The molecule has 3 N–H and O–H groups in total. The quantitative estimate of drug-likeness (QED) is 0.250. The molecule has 1 heterocycles. The third kappa shape index (κ3) is 9.98. The molecule has 0 aliphatic carbocycles. The number of amides is 3. The molecule has 45 heavy (non-hydrogen) atoms. The first-order valence-electron chi connectivity index (χ1n) is 16.1. The number of likely N-dealkylation sites (N-methyl/N-ethyl adjacent to an activating group) is 1. The van der Waals surface area contributed by atoms with Crippen molar-refractivity contribution >= 4 is 23.7 Å². The number of nitrogens with one attached hydrogen (secondary N) is 1. The van der Waals surface area contributed by atoms with Gasteiger partial charge in [0.15, 0.2) is 0 Å². The Morgan fingerprint density at radius 1 is 1.04 bits per heavy atom. The van der Waals surface area contributed by atoms with Crippen molar-refractivity contribution in [1.29, 1.82) is 0 Å². The highest BCUT2D eigenvalue weighted by atomic mass is 16.5. The number of nitrogens with zero attached hydrogens (tertiary/aromatic N) is 2. The van der Waals surface area contributed by atoms with Gasteiger partial charge in [-0.25, -0.2) is 4.79 Å². The van der Waals surface area contributed by atoms with Crippen LogP contribution in [0.4, 0.5) is 0 Å². The number of nitrogens with two attached hydrogens (primary N) is 1. The van der Waals surface area contributed by atoms with Gasteiger partial charge in [0.25, 0.3) is 0 Å². The van der Waals surface area contributed by atoms with Crippen LogP contribution in [-0.2, 0) is 39.8 Å². The molecule has 0 aromatic heterocycles. The van der Waals surface area contributed by atoms with E-state index in [-0.39, 0.29) is 54.5 Å². The summed E-state index contributed by atoms with van der Waals surface area (Å²) in [6.07, 6.45) is 1.40. The fraction of sp³-hybridized carbons (Fsp3) is 0.706. The molecule has 1 aliphatic heterocycles.